The second kappa shape index (κ2) is 5.31. The first-order valence-electron chi connectivity index (χ1n) is 6.43. The Bertz CT molecular complexity index is 193. The first-order valence-corrected chi connectivity index (χ1v) is 6.43. The summed E-state index contributed by atoms with van der Waals surface area (Å²) in [6.45, 7) is 12.2. The Morgan fingerprint density at radius 1 is 1.40 bits per heavy atom. The quantitative estimate of drug-likeness (QED) is 0.732. The van der Waals surface area contributed by atoms with E-state index in [2.05, 4.69) is 39.9 Å². The molecule has 90 valence electrons. The Labute approximate surface area is 94.8 Å². The third kappa shape index (κ3) is 2.73. The molecule has 0 aromatic heterocycles. The van der Waals surface area contributed by atoms with Gasteiger partial charge in [0.25, 0.3) is 0 Å². The molecule has 3 unspecified atom stereocenters. The van der Waals surface area contributed by atoms with Crippen LogP contribution in [-0.4, -0.2) is 24.8 Å². The van der Waals surface area contributed by atoms with Gasteiger partial charge in [0.2, 0.25) is 0 Å². The van der Waals surface area contributed by atoms with Gasteiger partial charge < -0.3 is 10.1 Å². The Balaban J connectivity index is 2.45. The first-order chi connectivity index (χ1) is 7.04. The fraction of sp³-hybridized carbons (Fsp3) is 1.00. The molecule has 0 aromatic rings. The lowest BCUT2D eigenvalue weighted by atomic mass is 9.61. The highest BCUT2D eigenvalue weighted by Crippen LogP contribution is 2.46. The van der Waals surface area contributed by atoms with Crippen LogP contribution in [0.15, 0.2) is 0 Å². The van der Waals surface area contributed by atoms with Gasteiger partial charge in [-0.2, -0.15) is 0 Å². The minimum Gasteiger partial charge on any atom is -0.375 e. The van der Waals surface area contributed by atoms with E-state index in [1.165, 1.54) is 19.3 Å². The van der Waals surface area contributed by atoms with E-state index in [0.29, 0.717) is 23.7 Å². The van der Waals surface area contributed by atoms with Crippen molar-refractivity contribution in [1.29, 1.82) is 0 Å². The highest BCUT2D eigenvalue weighted by molar-refractivity contribution is 5.04. The molecule has 0 saturated heterocycles. The van der Waals surface area contributed by atoms with Gasteiger partial charge in [0.05, 0.1) is 12.2 Å². The molecule has 0 aromatic carbocycles. The first kappa shape index (κ1) is 13.0. The fourth-order valence-corrected chi connectivity index (χ4v) is 2.47. The van der Waals surface area contributed by atoms with Crippen LogP contribution in [0.1, 0.15) is 53.9 Å². The maximum absolute atomic E-state index is 5.96. The predicted molar refractivity (Wildman–Crippen MR) is 65.1 cm³/mol. The highest BCUT2D eigenvalue weighted by atomic mass is 16.5. The van der Waals surface area contributed by atoms with Crippen molar-refractivity contribution in [3.63, 3.8) is 0 Å². The summed E-state index contributed by atoms with van der Waals surface area (Å²) in [5, 5.41) is 3.63. The van der Waals surface area contributed by atoms with Crippen molar-refractivity contribution in [1.82, 2.24) is 5.32 Å². The molecule has 0 aliphatic heterocycles. The van der Waals surface area contributed by atoms with Crippen LogP contribution < -0.4 is 5.32 Å². The van der Waals surface area contributed by atoms with E-state index in [9.17, 15) is 0 Å². The van der Waals surface area contributed by atoms with Crippen LogP contribution in [-0.2, 0) is 4.74 Å². The van der Waals surface area contributed by atoms with Crippen molar-refractivity contribution in [2.75, 3.05) is 6.54 Å². The predicted octanol–water partition coefficient (Wildman–Crippen LogP) is 2.97. The Morgan fingerprint density at radius 3 is 2.53 bits per heavy atom. The van der Waals surface area contributed by atoms with Crippen LogP contribution in [0.3, 0.4) is 0 Å². The van der Waals surface area contributed by atoms with Crippen molar-refractivity contribution < 1.29 is 4.74 Å². The van der Waals surface area contributed by atoms with Gasteiger partial charge in [-0.25, -0.2) is 0 Å². The Kier molecular flexibility index (Phi) is 4.60. The number of nitrogens with one attached hydrogen (secondary N) is 1. The van der Waals surface area contributed by atoms with Gasteiger partial charge >= 0.3 is 0 Å². The summed E-state index contributed by atoms with van der Waals surface area (Å²) in [6.07, 6.45) is 4.41. The monoisotopic (exact) mass is 213 g/mol. The Hall–Kier alpha value is -0.0800. The second-order valence-corrected chi connectivity index (χ2v) is 5.28. The molecule has 15 heavy (non-hydrogen) atoms. The van der Waals surface area contributed by atoms with E-state index >= 15 is 0 Å². The molecule has 0 spiro atoms. The lowest BCUT2D eigenvalue weighted by Gasteiger charge is -2.54. The van der Waals surface area contributed by atoms with Crippen molar-refractivity contribution in [2.45, 2.75) is 72.1 Å². The van der Waals surface area contributed by atoms with Gasteiger partial charge in [-0.05, 0) is 39.7 Å². The van der Waals surface area contributed by atoms with Crippen LogP contribution in [0.2, 0.25) is 0 Å². The molecule has 1 aliphatic rings. The van der Waals surface area contributed by atoms with Crippen LogP contribution in [0, 0.1) is 5.41 Å². The van der Waals surface area contributed by atoms with Crippen molar-refractivity contribution in [3.05, 3.63) is 0 Å². The van der Waals surface area contributed by atoms with Gasteiger partial charge in [-0.15, -0.1) is 0 Å². The molecule has 0 bridgehead atoms. The van der Waals surface area contributed by atoms with Gasteiger partial charge in [0, 0.05) is 11.5 Å². The normalized spacial score (nSPS) is 35.6. The molecular formula is C13H27NO. The summed E-state index contributed by atoms with van der Waals surface area (Å²) in [5.74, 6) is 0. The summed E-state index contributed by atoms with van der Waals surface area (Å²) in [6, 6.07) is 0.659. The maximum atomic E-state index is 5.96. The lowest BCUT2D eigenvalue weighted by Crippen LogP contribution is -2.62. The van der Waals surface area contributed by atoms with Gasteiger partial charge in [0.1, 0.15) is 0 Å². The zero-order chi connectivity index (χ0) is 11.5. The van der Waals surface area contributed by atoms with Crippen molar-refractivity contribution in [3.8, 4) is 0 Å². The van der Waals surface area contributed by atoms with Crippen molar-refractivity contribution >= 4 is 0 Å². The summed E-state index contributed by atoms with van der Waals surface area (Å²) < 4.78 is 5.96. The molecule has 0 heterocycles. The largest absolute Gasteiger partial charge is 0.375 e. The van der Waals surface area contributed by atoms with Crippen molar-refractivity contribution in [2.24, 2.45) is 5.41 Å². The molecule has 0 amide bonds. The van der Waals surface area contributed by atoms with E-state index in [4.69, 9.17) is 4.74 Å². The fourth-order valence-electron chi connectivity index (χ4n) is 2.47. The van der Waals surface area contributed by atoms with Crippen LogP contribution in [0.25, 0.3) is 0 Å². The third-order valence-electron chi connectivity index (χ3n) is 3.82. The summed E-state index contributed by atoms with van der Waals surface area (Å²) in [4.78, 5) is 0. The zero-order valence-corrected chi connectivity index (χ0v) is 11.0. The zero-order valence-electron chi connectivity index (χ0n) is 11.0. The third-order valence-corrected chi connectivity index (χ3v) is 3.82. The Morgan fingerprint density at radius 2 is 2.07 bits per heavy atom. The molecule has 1 fully saturated rings. The van der Waals surface area contributed by atoms with Gasteiger partial charge in [-0.1, -0.05) is 20.8 Å². The van der Waals surface area contributed by atoms with E-state index in [-0.39, 0.29) is 0 Å². The van der Waals surface area contributed by atoms with E-state index in [1.807, 2.05) is 0 Å². The van der Waals surface area contributed by atoms with Gasteiger partial charge in [0.15, 0.2) is 0 Å². The molecular weight excluding hydrogens is 186 g/mol. The average Bonchev–Trinajstić information content (AvgIpc) is 2.20. The molecule has 3 atom stereocenters. The number of rotatable bonds is 6. The average molecular weight is 213 g/mol. The standard InChI is InChI=1S/C13H27NO/c1-6-8-14-11-9-12(15-10(3)4)13(11,5)7-2/h10-12,14H,6-9H2,1-5H3. The molecule has 1 N–H and O–H groups in total. The minimum atomic E-state index is 0.347. The number of ether oxygens (including phenoxy) is 1. The van der Waals surface area contributed by atoms with E-state index in [0.717, 1.165) is 6.54 Å². The molecule has 1 aliphatic carbocycles. The SMILES string of the molecule is CCCNC1CC(OC(C)C)C1(C)CC. The minimum absolute atomic E-state index is 0.347. The maximum Gasteiger partial charge on any atom is 0.0661 e. The van der Waals surface area contributed by atoms with E-state index < -0.39 is 0 Å². The molecule has 2 nitrogen and oxygen atoms in total. The summed E-state index contributed by atoms with van der Waals surface area (Å²) in [5.41, 5.74) is 0.347. The van der Waals surface area contributed by atoms with Gasteiger partial charge in [-0.3, -0.25) is 0 Å². The van der Waals surface area contributed by atoms with Crippen LogP contribution in [0.5, 0.6) is 0 Å². The summed E-state index contributed by atoms with van der Waals surface area (Å²) >= 11 is 0. The molecule has 1 rings (SSSR count). The summed E-state index contributed by atoms with van der Waals surface area (Å²) in [7, 11) is 0. The second-order valence-electron chi connectivity index (χ2n) is 5.28. The highest BCUT2D eigenvalue weighted by Gasteiger charge is 2.50. The topological polar surface area (TPSA) is 21.3 Å². The number of hydrogen-bond acceptors (Lipinski definition) is 2. The number of hydrogen-bond donors (Lipinski definition) is 1. The van der Waals surface area contributed by atoms with E-state index in [1.54, 1.807) is 0 Å². The molecule has 0 radical (unpaired) electrons. The molecule has 2 heteroatoms. The molecule has 1 saturated carbocycles. The van der Waals surface area contributed by atoms with Crippen LogP contribution >= 0.6 is 0 Å². The van der Waals surface area contributed by atoms with Crippen LogP contribution in [0.4, 0.5) is 0 Å². The smallest absolute Gasteiger partial charge is 0.0661 e. The lowest BCUT2D eigenvalue weighted by molar-refractivity contribution is -0.148.